The molecule has 1 aliphatic carbocycles. The Balaban J connectivity index is 1.58. The van der Waals surface area contributed by atoms with Gasteiger partial charge in [-0.1, -0.05) is 24.3 Å². The lowest BCUT2D eigenvalue weighted by Gasteiger charge is -2.13. The molecule has 0 atom stereocenters. The van der Waals surface area contributed by atoms with E-state index in [2.05, 4.69) is 4.74 Å². The van der Waals surface area contributed by atoms with Gasteiger partial charge in [0, 0.05) is 16.6 Å². The van der Waals surface area contributed by atoms with Crippen molar-refractivity contribution in [2.45, 2.75) is 26.4 Å². The fraction of sp³-hybridized carbons (Fsp3) is 0.259. The zero-order valence-electron chi connectivity index (χ0n) is 19.7. The van der Waals surface area contributed by atoms with Crippen LogP contribution in [0.4, 0.5) is 8.78 Å². The molecule has 2 heterocycles. The summed E-state index contributed by atoms with van der Waals surface area (Å²) in [5.41, 5.74) is 1.91. The van der Waals surface area contributed by atoms with E-state index >= 15 is 0 Å². The zero-order chi connectivity index (χ0) is 25.2. The van der Waals surface area contributed by atoms with Gasteiger partial charge in [0.05, 0.1) is 25.0 Å². The van der Waals surface area contributed by atoms with Crippen LogP contribution in [0.5, 0.6) is 17.2 Å². The van der Waals surface area contributed by atoms with Gasteiger partial charge >= 0.3 is 6.61 Å². The SMILES string of the molecule is COc1cccc(C=Cc2nc3sc(C)cn3c(=O)c2-c2ccc(OC(F)F)cc2)c1OCC1CC1. The maximum Gasteiger partial charge on any atom is 0.387 e. The Hall–Kier alpha value is -3.72. The number of aryl methyl sites for hydroxylation is 1. The molecule has 0 saturated heterocycles. The van der Waals surface area contributed by atoms with Gasteiger partial charge in [-0.3, -0.25) is 9.20 Å². The fourth-order valence-corrected chi connectivity index (χ4v) is 4.72. The average molecular weight is 511 g/mol. The van der Waals surface area contributed by atoms with Crippen molar-refractivity contribution in [3.63, 3.8) is 0 Å². The van der Waals surface area contributed by atoms with Crippen LogP contribution in [-0.4, -0.2) is 29.7 Å². The maximum atomic E-state index is 13.5. The number of hydrogen-bond acceptors (Lipinski definition) is 6. The zero-order valence-corrected chi connectivity index (χ0v) is 20.6. The Labute approximate surface area is 210 Å². The van der Waals surface area contributed by atoms with E-state index in [4.69, 9.17) is 14.5 Å². The number of ether oxygens (including phenoxy) is 3. The normalized spacial score (nSPS) is 13.6. The number of nitrogens with zero attached hydrogens (tertiary/aromatic N) is 2. The van der Waals surface area contributed by atoms with Crippen LogP contribution in [0.25, 0.3) is 28.2 Å². The summed E-state index contributed by atoms with van der Waals surface area (Å²) in [6.07, 6.45) is 7.69. The molecule has 36 heavy (non-hydrogen) atoms. The molecule has 9 heteroatoms. The first-order valence-corrected chi connectivity index (χ1v) is 12.3. The van der Waals surface area contributed by atoms with Gasteiger partial charge in [0.2, 0.25) is 0 Å². The largest absolute Gasteiger partial charge is 0.493 e. The number of fused-ring (bicyclic) bond motifs is 1. The Morgan fingerprint density at radius 1 is 1.17 bits per heavy atom. The van der Waals surface area contributed by atoms with Gasteiger partial charge in [0.1, 0.15) is 5.75 Å². The summed E-state index contributed by atoms with van der Waals surface area (Å²) in [5, 5.41) is 0. The minimum Gasteiger partial charge on any atom is -0.493 e. The third-order valence-corrected chi connectivity index (χ3v) is 6.75. The van der Waals surface area contributed by atoms with Crippen molar-refractivity contribution in [3.05, 3.63) is 75.1 Å². The van der Waals surface area contributed by atoms with E-state index in [1.165, 1.54) is 40.7 Å². The molecule has 0 bridgehead atoms. The minimum absolute atomic E-state index is 0.0141. The molecule has 1 aliphatic rings. The second kappa shape index (κ2) is 10.1. The molecule has 186 valence electrons. The molecule has 6 nitrogen and oxygen atoms in total. The lowest BCUT2D eigenvalue weighted by atomic mass is 10.0. The van der Waals surface area contributed by atoms with Crippen molar-refractivity contribution in [2.24, 2.45) is 5.92 Å². The molecule has 2 aromatic heterocycles. The second-order valence-electron chi connectivity index (χ2n) is 8.54. The quantitative estimate of drug-likeness (QED) is 0.264. The molecule has 0 spiro atoms. The van der Waals surface area contributed by atoms with E-state index in [-0.39, 0.29) is 11.3 Å². The molecule has 0 unspecified atom stereocenters. The number of halogens is 2. The van der Waals surface area contributed by atoms with Crippen LogP contribution in [0, 0.1) is 12.8 Å². The molecule has 0 aliphatic heterocycles. The molecular weight excluding hydrogens is 486 g/mol. The van der Waals surface area contributed by atoms with Crippen LogP contribution < -0.4 is 19.8 Å². The predicted molar refractivity (Wildman–Crippen MR) is 136 cm³/mol. The molecule has 5 rings (SSSR count). The summed E-state index contributed by atoms with van der Waals surface area (Å²) in [6, 6.07) is 11.6. The first-order valence-electron chi connectivity index (χ1n) is 11.5. The minimum atomic E-state index is -2.93. The summed E-state index contributed by atoms with van der Waals surface area (Å²) in [6.45, 7) is -0.394. The number of alkyl halides is 2. The lowest BCUT2D eigenvalue weighted by molar-refractivity contribution is -0.0498. The van der Waals surface area contributed by atoms with E-state index < -0.39 is 6.61 Å². The van der Waals surface area contributed by atoms with E-state index in [0.29, 0.717) is 45.8 Å². The predicted octanol–water partition coefficient (Wildman–Crippen LogP) is 6.30. The fourth-order valence-electron chi connectivity index (χ4n) is 3.90. The van der Waals surface area contributed by atoms with Crippen LogP contribution in [0.15, 0.2) is 53.5 Å². The van der Waals surface area contributed by atoms with Gasteiger partial charge in [-0.2, -0.15) is 8.78 Å². The average Bonchev–Trinajstić information content (AvgIpc) is 3.61. The molecule has 0 N–H and O–H groups in total. The van der Waals surface area contributed by atoms with Crippen molar-refractivity contribution in [3.8, 4) is 28.4 Å². The maximum absolute atomic E-state index is 13.5. The molecule has 4 aromatic rings. The van der Waals surface area contributed by atoms with E-state index in [9.17, 15) is 13.6 Å². The number of aromatic nitrogens is 2. The number of methoxy groups -OCH3 is 1. The highest BCUT2D eigenvalue weighted by Gasteiger charge is 2.23. The Morgan fingerprint density at radius 2 is 1.94 bits per heavy atom. The van der Waals surface area contributed by atoms with Gasteiger partial charge in [-0.15, -0.1) is 11.3 Å². The first kappa shape index (κ1) is 24.0. The van der Waals surface area contributed by atoms with Crippen LogP contribution in [0.1, 0.15) is 29.0 Å². The summed E-state index contributed by atoms with van der Waals surface area (Å²) >= 11 is 1.41. The smallest absolute Gasteiger partial charge is 0.387 e. The molecular formula is C27H24F2N2O4S. The summed E-state index contributed by atoms with van der Waals surface area (Å²) in [7, 11) is 1.60. The van der Waals surface area contributed by atoms with Gasteiger partial charge < -0.3 is 14.2 Å². The molecule has 0 amide bonds. The van der Waals surface area contributed by atoms with Crippen molar-refractivity contribution in [1.29, 1.82) is 0 Å². The summed E-state index contributed by atoms with van der Waals surface area (Å²) in [4.78, 5) is 19.7. The molecule has 0 radical (unpaired) electrons. The van der Waals surface area contributed by atoms with Gasteiger partial charge in [0.25, 0.3) is 5.56 Å². The Bertz CT molecular complexity index is 1470. The van der Waals surface area contributed by atoms with Crippen molar-refractivity contribution in [1.82, 2.24) is 9.38 Å². The number of para-hydroxylation sites is 1. The Kier molecular flexibility index (Phi) is 6.73. The van der Waals surface area contributed by atoms with Gasteiger partial charge in [-0.05, 0) is 61.6 Å². The third-order valence-electron chi connectivity index (χ3n) is 5.85. The summed E-state index contributed by atoms with van der Waals surface area (Å²) < 4.78 is 42.7. The molecule has 1 saturated carbocycles. The highest BCUT2D eigenvalue weighted by atomic mass is 32.1. The second-order valence-corrected chi connectivity index (χ2v) is 9.75. The van der Waals surface area contributed by atoms with Crippen molar-refractivity contribution in [2.75, 3.05) is 13.7 Å². The molecule has 2 aromatic carbocycles. The van der Waals surface area contributed by atoms with E-state index in [1.54, 1.807) is 31.5 Å². The first-order chi connectivity index (χ1) is 17.4. The van der Waals surface area contributed by atoms with Gasteiger partial charge in [-0.25, -0.2) is 4.98 Å². The Morgan fingerprint density at radius 3 is 2.64 bits per heavy atom. The highest BCUT2D eigenvalue weighted by Crippen LogP contribution is 2.36. The standard InChI is InChI=1S/C27H24F2N2O4S/c1-16-14-31-25(32)23(18-8-11-20(12-9-18)35-26(28)29)21(30-27(31)36-16)13-10-19-4-3-5-22(33-2)24(19)34-15-17-6-7-17/h3-5,8-14,17,26H,6-7,15H2,1-2H3. The van der Waals surface area contributed by atoms with Crippen LogP contribution in [0.2, 0.25) is 0 Å². The number of benzene rings is 2. The number of thiazole rings is 1. The summed E-state index contributed by atoms with van der Waals surface area (Å²) in [5.74, 6) is 1.86. The van der Waals surface area contributed by atoms with Crippen molar-refractivity contribution < 1.29 is 23.0 Å². The van der Waals surface area contributed by atoms with Crippen LogP contribution in [0.3, 0.4) is 0 Å². The topological polar surface area (TPSA) is 62.1 Å². The van der Waals surface area contributed by atoms with Crippen molar-refractivity contribution >= 4 is 28.4 Å². The van der Waals surface area contributed by atoms with Gasteiger partial charge in [0.15, 0.2) is 16.5 Å². The third kappa shape index (κ3) is 5.11. The highest BCUT2D eigenvalue weighted by molar-refractivity contribution is 7.16. The monoisotopic (exact) mass is 510 g/mol. The number of hydrogen-bond donors (Lipinski definition) is 0. The number of rotatable bonds is 9. The molecule has 1 fully saturated rings. The van der Waals surface area contributed by atoms with Crippen LogP contribution in [-0.2, 0) is 0 Å². The van der Waals surface area contributed by atoms with E-state index in [1.807, 2.05) is 31.2 Å². The van der Waals surface area contributed by atoms with Crippen LogP contribution >= 0.6 is 11.3 Å². The van der Waals surface area contributed by atoms with E-state index in [0.717, 1.165) is 10.4 Å². The lowest BCUT2D eigenvalue weighted by Crippen LogP contribution is -2.17.